The van der Waals surface area contributed by atoms with E-state index in [1.807, 2.05) is 20.8 Å². The van der Waals surface area contributed by atoms with Crippen molar-refractivity contribution in [2.45, 2.75) is 72.0 Å². The molecule has 0 aromatic heterocycles. The maximum absolute atomic E-state index is 5.65. The fourth-order valence-electron chi connectivity index (χ4n) is 3.02. The summed E-state index contributed by atoms with van der Waals surface area (Å²) in [6, 6.07) is 2.64. The Bertz CT molecular complexity index is 373. The van der Waals surface area contributed by atoms with Crippen LogP contribution in [0.2, 0.25) is 18.1 Å². The summed E-state index contributed by atoms with van der Waals surface area (Å²) in [5.41, 5.74) is 0. The predicted molar refractivity (Wildman–Crippen MR) is 148 cm³/mol. The highest BCUT2D eigenvalue weighted by atomic mass is 32.1. The summed E-state index contributed by atoms with van der Waals surface area (Å²) in [6.45, 7) is 12.2. The molecule has 0 atom stereocenters. The highest BCUT2D eigenvalue weighted by Gasteiger charge is 2.39. The molecule has 0 saturated carbocycles. The summed E-state index contributed by atoms with van der Waals surface area (Å²) >= 11 is 4.10. The normalized spacial score (nSPS) is 12.0. The molecule has 0 radical (unpaired) electrons. The molecule has 0 rings (SSSR count). The van der Waals surface area contributed by atoms with Gasteiger partial charge in [-0.25, -0.2) is 0 Å². The first-order chi connectivity index (χ1) is 16.2. The second kappa shape index (κ2) is 25.3. The van der Waals surface area contributed by atoms with E-state index >= 15 is 0 Å². The molecule has 0 heterocycles. The van der Waals surface area contributed by atoms with Gasteiger partial charge < -0.3 is 39.8 Å². The van der Waals surface area contributed by atoms with Crippen molar-refractivity contribution in [3.05, 3.63) is 0 Å². The molecule has 34 heavy (non-hydrogen) atoms. The van der Waals surface area contributed by atoms with E-state index in [-0.39, 0.29) is 0 Å². The van der Waals surface area contributed by atoms with Gasteiger partial charge >= 0.3 is 26.4 Å². The van der Waals surface area contributed by atoms with Crippen LogP contribution in [0, 0.1) is 0 Å². The maximum Gasteiger partial charge on any atom is 0.500 e. The lowest BCUT2D eigenvalue weighted by Crippen LogP contribution is -2.45. The predicted octanol–water partition coefficient (Wildman–Crippen LogP) is 4.90. The van der Waals surface area contributed by atoms with E-state index in [1.165, 1.54) is 0 Å². The molecule has 0 aliphatic rings. The van der Waals surface area contributed by atoms with Crippen LogP contribution >= 0.6 is 12.6 Å². The monoisotopic (exact) mass is 566 g/mol. The van der Waals surface area contributed by atoms with E-state index in [0.717, 1.165) is 43.1 Å². The SMILES string of the molecule is CCC[Si](OC)(OC)OC.CCC[Si](OCC)(OCC)OCC.CO[Si](CCCS)(OC)OC. The second-order valence-corrected chi connectivity index (χ2v) is 16.3. The Hall–Kier alpha value is 0.641. The molecule has 0 N–H and O–H groups in total. The van der Waals surface area contributed by atoms with Crippen LogP contribution in [0.5, 0.6) is 0 Å². The summed E-state index contributed by atoms with van der Waals surface area (Å²) < 4.78 is 48.0. The summed E-state index contributed by atoms with van der Waals surface area (Å²) in [6.07, 6.45) is 3.04. The molecule has 0 aliphatic carbocycles. The fraction of sp³-hybridized carbons (Fsp3) is 1.00. The molecule has 0 amide bonds. The van der Waals surface area contributed by atoms with Gasteiger partial charge in [0.1, 0.15) is 0 Å². The molecule has 0 aromatic rings. The molecular weight excluding hydrogens is 513 g/mol. The Morgan fingerprint density at radius 2 is 0.765 bits per heavy atom. The van der Waals surface area contributed by atoms with Gasteiger partial charge in [0.15, 0.2) is 0 Å². The third-order valence-corrected chi connectivity index (χ3v) is 14.1. The van der Waals surface area contributed by atoms with Gasteiger partial charge in [-0.05, 0) is 32.9 Å². The van der Waals surface area contributed by atoms with Gasteiger partial charge in [0, 0.05) is 80.6 Å². The summed E-state index contributed by atoms with van der Waals surface area (Å²) in [7, 11) is 2.97. The van der Waals surface area contributed by atoms with Crippen molar-refractivity contribution in [3.8, 4) is 0 Å². The minimum Gasteiger partial charge on any atom is -0.377 e. The quantitative estimate of drug-likeness (QED) is 0.173. The Labute approximate surface area is 218 Å². The molecule has 0 bridgehead atoms. The molecule has 0 spiro atoms. The number of hydrogen-bond acceptors (Lipinski definition) is 10. The minimum atomic E-state index is -2.30. The highest BCUT2D eigenvalue weighted by molar-refractivity contribution is 7.80. The molecule has 0 aromatic carbocycles. The first-order valence-electron chi connectivity index (χ1n) is 12.1. The van der Waals surface area contributed by atoms with E-state index in [0.29, 0.717) is 19.8 Å². The van der Waals surface area contributed by atoms with Crippen molar-refractivity contribution in [1.29, 1.82) is 0 Å². The van der Waals surface area contributed by atoms with Gasteiger partial charge in [0.2, 0.25) is 0 Å². The third-order valence-electron chi connectivity index (χ3n) is 4.71. The number of rotatable bonds is 19. The van der Waals surface area contributed by atoms with Gasteiger partial charge in [0.25, 0.3) is 0 Å². The van der Waals surface area contributed by atoms with Gasteiger partial charge in [0.05, 0.1) is 0 Å². The van der Waals surface area contributed by atoms with Gasteiger partial charge in [-0.2, -0.15) is 12.6 Å². The molecule has 13 heteroatoms. The van der Waals surface area contributed by atoms with Crippen LogP contribution in [0.1, 0.15) is 53.9 Å². The minimum absolute atomic E-state index is 0.673. The smallest absolute Gasteiger partial charge is 0.377 e. The largest absolute Gasteiger partial charge is 0.500 e. The van der Waals surface area contributed by atoms with Crippen molar-refractivity contribution in [2.75, 3.05) is 68.2 Å². The van der Waals surface area contributed by atoms with Crippen LogP contribution in [0.4, 0.5) is 0 Å². The molecular formula is C21H54O9SSi3. The Kier molecular flexibility index (Phi) is 29.1. The summed E-state index contributed by atoms with van der Waals surface area (Å²) in [4.78, 5) is 0. The Morgan fingerprint density at radius 1 is 0.471 bits per heavy atom. The first kappa shape index (κ1) is 39.2. The average Bonchev–Trinajstić information content (AvgIpc) is 2.85. The van der Waals surface area contributed by atoms with E-state index < -0.39 is 26.4 Å². The van der Waals surface area contributed by atoms with Crippen LogP contribution in [-0.2, 0) is 39.8 Å². The Morgan fingerprint density at radius 3 is 0.971 bits per heavy atom. The lowest BCUT2D eigenvalue weighted by molar-refractivity contribution is 0.0711. The zero-order valence-corrected chi connectivity index (χ0v) is 27.6. The molecule has 210 valence electrons. The lowest BCUT2D eigenvalue weighted by atomic mass is 10.6. The number of hydrogen-bond donors (Lipinski definition) is 1. The summed E-state index contributed by atoms with van der Waals surface area (Å²) in [5.74, 6) is 0.838. The maximum atomic E-state index is 5.65. The van der Waals surface area contributed by atoms with E-state index in [1.54, 1.807) is 42.7 Å². The highest BCUT2D eigenvalue weighted by Crippen LogP contribution is 2.17. The van der Waals surface area contributed by atoms with Crippen LogP contribution in [0.15, 0.2) is 0 Å². The fourth-order valence-corrected chi connectivity index (χ4v) is 9.54. The molecule has 9 nitrogen and oxygen atoms in total. The molecule has 0 unspecified atom stereocenters. The van der Waals surface area contributed by atoms with Gasteiger partial charge in [-0.15, -0.1) is 0 Å². The molecule has 0 fully saturated rings. The topological polar surface area (TPSA) is 83.1 Å². The number of thiol groups is 1. The van der Waals surface area contributed by atoms with Crippen molar-refractivity contribution in [2.24, 2.45) is 0 Å². The van der Waals surface area contributed by atoms with Crippen molar-refractivity contribution in [1.82, 2.24) is 0 Å². The van der Waals surface area contributed by atoms with Crippen molar-refractivity contribution >= 4 is 39.0 Å². The molecule has 0 saturated heterocycles. The van der Waals surface area contributed by atoms with Crippen LogP contribution in [0.25, 0.3) is 0 Å². The van der Waals surface area contributed by atoms with Crippen LogP contribution in [-0.4, -0.2) is 94.6 Å². The van der Waals surface area contributed by atoms with Crippen LogP contribution < -0.4 is 0 Å². The van der Waals surface area contributed by atoms with Crippen molar-refractivity contribution in [3.63, 3.8) is 0 Å². The lowest BCUT2D eigenvalue weighted by Gasteiger charge is -2.27. The first-order valence-corrected chi connectivity index (χ1v) is 18.5. The second-order valence-electron chi connectivity index (χ2n) is 6.90. The van der Waals surface area contributed by atoms with Crippen molar-refractivity contribution < 1.29 is 39.8 Å². The molecule has 0 aliphatic heterocycles. The zero-order chi connectivity index (χ0) is 26.9. The average molecular weight is 567 g/mol. The standard InChI is InChI=1S/C9H22O3Si.C6H16O3SSi.C6H16O3Si/c1-5-9-13(10-6-2,11-7-3)12-8-4;1-7-11(8-2,9-3)6-4-5-10;1-5-6-10(7-2,8-3)9-4/h5-9H2,1-4H3;10H,4-6H2,1-3H3;5-6H2,1-4H3. The third kappa shape index (κ3) is 17.2. The summed E-state index contributed by atoms with van der Waals surface area (Å²) in [5, 5.41) is 0. The zero-order valence-electron chi connectivity index (χ0n) is 23.7. The van der Waals surface area contributed by atoms with Gasteiger partial charge in [-0.3, -0.25) is 0 Å². The van der Waals surface area contributed by atoms with Crippen LogP contribution in [0.3, 0.4) is 0 Å². The van der Waals surface area contributed by atoms with Gasteiger partial charge in [-0.1, -0.05) is 26.7 Å². The van der Waals surface area contributed by atoms with E-state index in [4.69, 9.17) is 39.8 Å². The Balaban J connectivity index is -0.000000428. The van der Waals surface area contributed by atoms with E-state index in [2.05, 4.69) is 26.5 Å². The van der Waals surface area contributed by atoms with E-state index in [9.17, 15) is 0 Å².